The van der Waals surface area contributed by atoms with Gasteiger partial charge in [-0.25, -0.2) is 0 Å². The molecule has 0 aliphatic carbocycles. The third kappa shape index (κ3) is 2.56. The quantitative estimate of drug-likeness (QED) is 0.917. The average molecular weight is 260 g/mol. The molecule has 1 aliphatic rings. The molecular weight excluding hydrogens is 240 g/mol. The molecule has 1 aliphatic heterocycles. The van der Waals surface area contributed by atoms with Crippen LogP contribution in [-0.2, 0) is 19.5 Å². The summed E-state index contributed by atoms with van der Waals surface area (Å²) in [6.07, 6.45) is 3.50. The maximum Gasteiger partial charge on any atom is 0.149 e. The molecule has 0 aromatic carbocycles. The van der Waals surface area contributed by atoms with Crippen molar-refractivity contribution in [1.29, 1.82) is 0 Å². The van der Waals surface area contributed by atoms with Crippen LogP contribution in [0.2, 0.25) is 0 Å². The molecule has 2 aromatic rings. The molecular formula is C14H20N4O. The van der Waals surface area contributed by atoms with Gasteiger partial charge in [-0.05, 0) is 38.8 Å². The summed E-state index contributed by atoms with van der Waals surface area (Å²) < 4.78 is 7.82. The van der Waals surface area contributed by atoms with Crippen LogP contribution in [0.5, 0.6) is 0 Å². The van der Waals surface area contributed by atoms with Crippen LogP contribution in [0.3, 0.4) is 0 Å². The van der Waals surface area contributed by atoms with E-state index in [0.29, 0.717) is 0 Å². The van der Waals surface area contributed by atoms with Crippen LogP contribution in [-0.4, -0.2) is 14.8 Å². The van der Waals surface area contributed by atoms with Crippen LogP contribution in [0.25, 0.3) is 0 Å². The van der Waals surface area contributed by atoms with Gasteiger partial charge in [0.15, 0.2) is 0 Å². The summed E-state index contributed by atoms with van der Waals surface area (Å²) in [4.78, 5) is 0. The van der Waals surface area contributed by atoms with Crippen LogP contribution in [0, 0.1) is 6.92 Å². The number of nitrogens with one attached hydrogen (secondary N) is 1. The highest BCUT2D eigenvalue weighted by Gasteiger charge is 2.19. The van der Waals surface area contributed by atoms with Crippen molar-refractivity contribution in [1.82, 2.24) is 20.1 Å². The highest BCUT2D eigenvalue weighted by Crippen LogP contribution is 2.19. The fraction of sp³-hybridized carbons (Fsp3) is 0.571. The summed E-state index contributed by atoms with van der Waals surface area (Å²) >= 11 is 0. The van der Waals surface area contributed by atoms with Crippen LogP contribution in [0.15, 0.2) is 16.5 Å². The lowest BCUT2D eigenvalue weighted by Crippen LogP contribution is -2.23. The van der Waals surface area contributed by atoms with E-state index in [2.05, 4.69) is 27.0 Å². The first-order chi connectivity index (χ1) is 9.24. The van der Waals surface area contributed by atoms with E-state index in [9.17, 15) is 0 Å². The van der Waals surface area contributed by atoms with Crippen LogP contribution in [0.1, 0.15) is 49.0 Å². The Morgan fingerprint density at radius 1 is 1.37 bits per heavy atom. The summed E-state index contributed by atoms with van der Waals surface area (Å²) in [5, 5.41) is 12.1. The second-order valence-corrected chi connectivity index (χ2v) is 5.20. The number of hydrogen-bond donors (Lipinski definition) is 1. The molecule has 2 aromatic heterocycles. The minimum Gasteiger partial charge on any atom is -0.465 e. The summed E-state index contributed by atoms with van der Waals surface area (Å²) in [6, 6.07) is 4.18. The zero-order chi connectivity index (χ0) is 13.2. The molecule has 1 atom stereocenters. The van der Waals surface area contributed by atoms with Crippen molar-refractivity contribution in [3.63, 3.8) is 0 Å². The fourth-order valence-corrected chi connectivity index (χ4v) is 2.58. The highest BCUT2D eigenvalue weighted by molar-refractivity contribution is 5.07. The van der Waals surface area contributed by atoms with Crippen molar-refractivity contribution in [2.75, 3.05) is 0 Å². The molecule has 0 radical (unpaired) electrons. The molecule has 1 N–H and O–H groups in total. The molecule has 0 fully saturated rings. The zero-order valence-corrected chi connectivity index (χ0v) is 11.5. The number of fused-ring (bicyclic) bond motifs is 1. The first-order valence-corrected chi connectivity index (χ1v) is 6.94. The molecule has 5 nitrogen and oxygen atoms in total. The molecule has 3 heterocycles. The lowest BCUT2D eigenvalue weighted by atomic mass is 10.1. The molecule has 0 amide bonds. The van der Waals surface area contributed by atoms with E-state index in [1.165, 1.54) is 12.8 Å². The van der Waals surface area contributed by atoms with Gasteiger partial charge in [-0.3, -0.25) is 0 Å². The Hall–Kier alpha value is -1.62. The van der Waals surface area contributed by atoms with E-state index in [1.807, 2.05) is 19.1 Å². The third-order valence-electron chi connectivity index (χ3n) is 3.65. The second kappa shape index (κ2) is 5.17. The summed E-state index contributed by atoms with van der Waals surface area (Å²) in [7, 11) is 0. The maximum atomic E-state index is 5.56. The van der Waals surface area contributed by atoms with Crippen LogP contribution < -0.4 is 5.32 Å². The smallest absolute Gasteiger partial charge is 0.149 e. The number of rotatable bonds is 4. The Morgan fingerprint density at radius 2 is 2.26 bits per heavy atom. The monoisotopic (exact) mass is 260 g/mol. The van der Waals surface area contributed by atoms with Gasteiger partial charge < -0.3 is 14.3 Å². The van der Waals surface area contributed by atoms with Crippen molar-refractivity contribution in [3.8, 4) is 0 Å². The van der Waals surface area contributed by atoms with E-state index in [1.54, 1.807) is 0 Å². The van der Waals surface area contributed by atoms with E-state index in [0.717, 1.165) is 42.7 Å². The standard InChI is InChI=1S/C14H20N4O/c1-10-6-7-12(19-10)9-15-11(2)14-17-16-13-5-3-4-8-18(13)14/h6-7,11,15H,3-5,8-9H2,1-2H3/t11-/m0/s1. The molecule has 0 bridgehead atoms. The Labute approximate surface area is 113 Å². The van der Waals surface area contributed by atoms with Crippen molar-refractivity contribution in [2.45, 2.75) is 52.2 Å². The minimum atomic E-state index is 0.185. The topological polar surface area (TPSA) is 55.9 Å². The highest BCUT2D eigenvalue weighted by atomic mass is 16.3. The molecule has 5 heteroatoms. The largest absolute Gasteiger partial charge is 0.465 e. The molecule has 0 unspecified atom stereocenters. The molecule has 19 heavy (non-hydrogen) atoms. The van der Waals surface area contributed by atoms with Gasteiger partial charge in [-0.1, -0.05) is 0 Å². The first kappa shape index (κ1) is 12.4. The van der Waals surface area contributed by atoms with Gasteiger partial charge in [0.05, 0.1) is 12.6 Å². The Bertz CT molecular complexity index is 558. The van der Waals surface area contributed by atoms with Crippen molar-refractivity contribution in [2.24, 2.45) is 0 Å². The first-order valence-electron chi connectivity index (χ1n) is 6.94. The van der Waals surface area contributed by atoms with E-state index < -0.39 is 0 Å². The van der Waals surface area contributed by atoms with Crippen molar-refractivity contribution >= 4 is 0 Å². The lowest BCUT2D eigenvalue weighted by Gasteiger charge is -2.18. The van der Waals surface area contributed by atoms with Gasteiger partial charge in [0.25, 0.3) is 0 Å². The Balaban J connectivity index is 1.67. The molecule has 0 saturated heterocycles. The molecule has 0 spiro atoms. The van der Waals surface area contributed by atoms with Gasteiger partial charge in [0, 0.05) is 13.0 Å². The maximum absolute atomic E-state index is 5.56. The van der Waals surface area contributed by atoms with Gasteiger partial charge >= 0.3 is 0 Å². The van der Waals surface area contributed by atoms with Gasteiger partial charge in [0.1, 0.15) is 23.2 Å². The minimum absolute atomic E-state index is 0.185. The van der Waals surface area contributed by atoms with Crippen LogP contribution >= 0.6 is 0 Å². The Morgan fingerprint density at radius 3 is 3.05 bits per heavy atom. The Kier molecular flexibility index (Phi) is 3.38. The molecule has 0 saturated carbocycles. The summed E-state index contributed by atoms with van der Waals surface area (Å²) in [5.41, 5.74) is 0. The molecule has 102 valence electrons. The van der Waals surface area contributed by atoms with Gasteiger partial charge in [-0.2, -0.15) is 0 Å². The van der Waals surface area contributed by atoms with Gasteiger partial charge in [0.2, 0.25) is 0 Å². The normalized spacial score (nSPS) is 16.3. The number of furan rings is 1. The zero-order valence-electron chi connectivity index (χ0n) is 11.5. The predicted octanol–water partition coefficient (Wildman–Crippen LogP) is 2.37. The summed E-state index contributed by atoms with van der Waals surface area (Å²) in [5.74, 6) is 4.08. The van der Waals surface area contributed by atoms with E-state index in [-0.39, 0.29) is 6.04 Å². The van der Waals surface area contributed by atoms with Crippen molar-refractivity contribution in [3.05, 3.63) is 35.3 Å². The number of aromatic nitrogens is 3. The predicted molar refractivity (Wildman–Crippen MR) is 71.7 cm³/mol. The number of nitrogens with zero attached hydrogens (tertiary/aromatic N) is 3. The van der Waals surface area contributed by atoms with Gasteiger partial charge in [-0.15, -0.1) is 10.2 Å². The SMILES string of the molecule is Cc1ccc(CN[C@@H](C)c2nnc3n2CCCC3)o1. The van der Waals surface area contributed by atoms with Crippen molar-refractivity contribution < 1.29 is 4.42 Å². The summed E-state index contributed by atoms with van der Waals surface area (Å²) in [6.45, 7) is 5.85. The number of aryl methyl sites for hydroxylation is 2. The van der Waals surface area contributed by atoms with Crippen LogP contribution in [0.4, 0.5) is 0 Å². The fourth-order valence-electron chi connectivity index (χ4n) is 2.58. The second-order valence-electron chi connectivity index (χ2n) is 5.20. The third-order valence-corrected chi connectivity index (χ3v) is 3.65. The molecule has 3 rings (SSSR count). The number of hydrogen-bond acceptors (Lipinski definition) is 4. The lowest BCUT2D eigenvalue weighted by molar-refractivity contribution is 0.423. The average Bonchev–Trinajstić information content (AvgIpc) is 3.02. The van der Waals surface area contributed by atoms with E-state index in [4.69, 9.17) is 4.42 Å². The van der Waals surface area contributed by atoms with E-state index >= 15 is 0 Å².